The summed E-state index contributed by atoms with van der Waals surface area (Å²) in [6, 6.07) is 24.3. The molecule has 11 heteroatoms. The summed E-state index contributed by atoms with van der Waals surface area (Å²) < 4.78 is 62.9. The van der Waals surface area contributed by atoms with Crippen LogP contribution in [0.25, 0.3) is 11.1 Å². The maximum absolute atomic E-state index is 13.2. The molecule has 41 heavy (non-hydrogen) atoms. The predicted octanol–water partition coefficient (Wildman–Crippen LogP) is 6.15. The molecule has 0 aliphatic carbocycles. The highest BCUT2D eigenvalue weighted by molar-refractivity contribution is 7.90. The van der Waals surface area contributed by atoms with Gasteiger partial charge in [0.2, 0.25) is 5.91 Å². The summed E-state index contributed by atoms with van der Waals surface area (Å²) in [4.78, 5) is 26.1. The topological polar surface area (TPSA) is 104 Å². The third kappa shape index (κ3) is 7.95. The van der Waals surface area contributed by atoms with Gasteiger partial charge in [0, 0.05) is 29.6 Å². The minimum Gasteiger partial charge on any atom is -0.326 e. The smallest absolute Gasteiger partial charge is 0.326 e. The highest BCUT2D eigenvalue weighted by atomic mass is 32.2. The highest BCUT2D eigenvalue weighted by Crippen LogP contribution is 2.30. The van der Waals surface area contributed by atoms with Gasteiger partial charge < -0.3 is 16.0 Å². The summed E-state index contributed by atoms with van der Waals surface area (Å²) in [5, 5.41) is 7.80. The number of sulfone groups is 1. The summed E-state index contributed by atoms with van der Waals surface area (Å²) >= 11 is 0. The van der Waals surface area contributed by atoms with Crippen molar-refractivity contribution in [3.05, 3.63) is 114 Å². The zero-order valence-corrected chi connectivity index (χ0v) is 22.6. The van der Waals surface area contributed by atoms with Gasteiger partial charge in [0.1, 0.15) is 6.04 Å². The molecule has 0 bridgehead atoms. The van der Waals surface area contributed by atoms with Crippen LogP contribution in [0.4, 0.5) is 29.3 Å². The number of hydrogen-bond acceptors (Lipinski definition) is 4. The van der Waals surface area contributed by atoms with Crippen LogP contribution < -0.4 is 16.0 Å². The van der Waals surface area contributed by atoms with Gasteiger partial charge >= 0.3 is 12.2 Å². The minimum atomic E-state index is -4.51. The summed E-state index contributed by atoms with van der Waals surface area (Å²) in [5.41, 5.74) is 1.62. The Labute approximate surface area is 235 Å². The van der Waals surface area contributed by atoms with Gasteiger partial charge in [0.15, 0.2) is 9.84 Å². The molecule has 3 amide bonds. The van der Waals surface area contributed by atoms with Crippen molar-refractivity contribution in [1.82, 2.24) is 5.32 Å². The predicted molar refractivity (Wildman–Crippen MR) is 151 cm³/mol. The molecule has 0 aromatic heterocycles. The van der Waals surface area contributed by atoms with E-state index in [-0.39, 0.29) is 17.0 Å². The molecule has 4 rings (SSSR count). The molecule has 0 saturated heterocycles. The summed E-state index contributed by atoms with van der Waals surface area (Å²) in [5.74, 6) is -0.527. The van der Waals surface area contributed by atoms with Crippen LogP contribution in [0.5, 0.6) is 0 Å². The SMILES string of the molecule is CS(=O)(=O)c1ccccc1-c1ccc(NC(=O)[C@H](Cc2ccccc2)NC(=O)Nc2ccc(C(F)(F)F)cc2)cc1. The first-order valence-electron chi connectivity index (χ1n) is 12.4. The quantitative estimate of drug-likeness (QED) is 0.232. The Balaban J connectivity index is 1.49. The van der Waals surface area contributed by atoms with Gasteiger partial charge in [0.05, 0.1) is 10.5 Å². The number of carbonyl (C=O) groups is 2. The van der Waals surface area contributed by atoms with E-state index in [2.05, 4.69) is 16.0 Å². The van der Waals surface area contributed by atoms with Crippen molar-refractivity contribution in [2.75, 3.05) is 16.9 Å². The number of carbonyl (C=O) groups excluding carboxylic acids is 2. The van der Waals surface area contributed by atoms with Crippen LogP contribution in [0, 0.1) is 0 Å². The maximum Gasteiger partial charge on any atom is 0.416 e. The van der Waals surface area contributed by atoms with E-state index in [4.69, 9.17) is 0 Å². The fourth-order valence-corrected chi connectivity index (χ4v) is 5.03. The number of amides is 3. The monoisotopic (exact) mass is 581 g/mol. The number of hydrogen-bond donors (Lipinski definition) is 3. The van der Waals surface area contributed by atoms with Gasteiger partial charge in [-0.3, -0.25) is 4.79 Å². The number of nitrogens with one attached hydrogen (secondary N) is 3. The Hall–Kier alpha value is -4.64. The Morgan fingerprint density at radius 1 is 0.756 bits per heavy atom. The summed E-state index contributed by atoms with van der Waals surface area (Å²) in [7, 11) is -3.46. The van der Waals surface area contributed by atoms with Crippen LogP contribution >= 0.6 is 0 Å². The second-order valence-electron chi connectivity index (χ2n) is 9.25. The Bertz CT molecular complexity index is 1620. The van der Waals surface area contributed by atoms with E-state index >= 15 is 0 Å². The fraction of sp³-hybridized carbons (Fsp3) is 0.133. The number of rotatable bonds is 8. The highest BCUT2D eigenvalue weighted by Gasteiger charge is 2.30. The average Bonchev–Trinajstić information content (AvgIpc) is 2.93. The second kappa shape index (κ2) is 12.3. The lowest BCUT2D eigenvalue weighted by molar-refractivity contribution is -0.137. The molecular weight excluding hydrogens is 555 g/mol. The van der Waals surface area contributed by atoms with Crippen LogP contribution in [0.15, 0.2) is 108 Å². The lowest BCUT2D eigenvalue weighted by atomic mass is 10.0. The molecule has 0 heterocycles. The van der Waals surface area contributed by atoms with Crippen LogP contribution in [0.1, 0.15) is 11.1 Å². The Kier molecular flexibility index (Phi) is 8.77. The van der Waals surface area contributed by atoms with Crippen molar-refractivity contribution >= 4 is 33.2 Å². The Morgan fingerprint density at radius 2 is 1.32 bits per heavy atom. The molecule has 0 aliphatic rings. The molecule has 0 spiro atoms. The lowest BCUT2D eigenvalue weighted by Gasteiger charge is -2.19. The van der Waals surface area contributed by atoms with Crippen molar-refractivity contribution in [2.45, 2.75) is 23.5 Å². The summed E-state index contributed by atoms with van der Waals surface area (Å²) in [6.07, 6.45) is -3.23. The Morgan fingerprint density at radius 3 is 1.93 bits per heavy atom. The van der Waals surface area contributed by atoms with Crippen molar-refractivity contribution in [1.29, 1.82) is 0 Å². The third-order valence-corrected chi connectivity index (χ3v) is 7.28. The van der Waals surface area contributed by atoms with E-state index in [9.17, 15) is 31.2 Å². The molecule has 7 nitrogen and oxygen atoms in total. The largest absolute Gasteiger partial charge is 0.416 e. The van der Waals surface area contributed by atoms with E-state index in [1.54, 1.807) is 66.7 Å². The van der Waals surface area contributed by atoms with Gasteiger partial charge in [-0.15, -0.1) is 0 Å². The number of alkyl halides is 3. The van der Waals surface area contributed by atoms with Crippen molar-refractivity contribution in [3.63, 3.8) is 0 Å². The second-order valence-corrected chi connectivity index (χ2v) is 11.2. The molecule has 3 N–H and O–H groups in total. The molecule has 0 saturated carbocycles. The maximum atomic E-state index is 13.2. The number of halogens is 3. The first-order valence-corrected chi connectivity index (χ1v) is 14.3. The number of anilines is 2. The number of benzene rings is 4. The lowest BCUT2D eigenvalue weighted by Crippen LogP contribution is -2.46. The molecular formula is C30H26F3N3O4S. The first-order chi connectivity index (χ1) is 19.4. The average molecular weight is 582 g/mol. The normalized spacial score (nSPS) is 12.3. The van der Waals surface area contributed by atoms with Crippen molar-refractivity contribution < 1.29 is 31.2 Å². The molecule has 0 unspecified atom stereocenters. The van der Waals surface area contributed by atoms with E-state index in [1.807, 2.05) is 6.07 Å². The molecule has 4 aromatic carbocycles. The van der Waals surface area contributed by atoms with Crippen LogP contribution in [0.2, 0.25) is 0 Å². The standard InChI is InChI=1S/C30H26F3N3O4S/c1-41(39,40)27-10-6-5-9-25(27)21-11-15-23(16-12-21)34-28(37)26(19-20-7-3-2-4-8-20)36-29(38)35-24-17-13-22(14-18-24)30(31,32)33/h2-18,26H,19H2,1H3,(H,34,37)(H2,35,36,38)/t26-/m0/s1. The molecule has 212 valence electrons. The fourth-order valence-electron chi connectivity index (χ4n) is 4.12. The van der Waals surface area contributed by atoms with E-state index < -0.39 is 39.6 Å². The van der Waals surface area contributed by atoms with Gasteiger partial charge in [-0.05, 0) is 53.6 Å². The zero-order chi connectivity index (χ0) is 29.6. The van der Waals surface area contributed by atoms with E-state index in [1.165, 1.54) is 6.07 Å². The van der Waals surface area contributed by atoms with Crippen LogP contribution in [0.3, 0.4) is 0 Å². The molecule has 1 atom stereocenters. The number of urea groups is 1. The molecule has 4 aromatic rings. The van der Waals surface area contributed by atoms with Gasteiger partial charge in [-0.2, -0.15) is 13.2 Å². The molecule has 0 radical (unpaired) electrons. The third-order valence-electron chi connectivity index (χ3n) is 6.12. The van der Waals surface area contributed by atoms with Crippen LogP contribution in [-0.4, -0.2) is 32.7 Å². The minimum absolute atomic E-state index is 0.124. The molecule has 0 aliphatic heterocycles. The van der Waals surface area contributed by atoms with Crippen molar-refractivity contribution in [2.24, 2.45) is 0 Å². The van der Waals surface area contributed by atoms with Gasteiger partial charge in [-0.1, -0.05) is 60.7 Å². The van der Waals surface area contributed by atoms with Gasteiger partial charge in [-0.25, -0.2) is 13.2 Å². The summed E-state index contributed by atoms with van der Waals surface area (Å²) in [6.45, 7) is 0. The first kappa shape index (κ1) is 29.3. The zero-order valence-electron chi connectivity index (χ0n) is 21.8. The van der Waals surface area contributed by atoms with E-state index in [0.717, 1.165) is 36.1 Å². The van der Waals surface area contributed by atoms with Crippen LogP contribution in [-0.2, 0) is 27.2 Å². The van der Waals surface area contributed by atoms with E-state index in [0.29, 0.717) is 16.8 Å². The molecule has 0 fully saturated rings. The van der Waals surface area contributed by atoms with Gasteiger partial charge in [0.25, 0.3) is 0 Å². The van der Waals surface area contributed by atoms with Crippen molar-refractivity contribution in [3.8, 4) is 11.1 Å².